The highest BCUT2D eigenvalue weighted by molar-refractivity contribution is 8.00. The first kappa shape index (κ1) is 13.6. The van der Waals surface area contributed by atoms with Crippen LogP contribution in [0.4, 0.5) is 5.82 Å². The number of rotatable bonds is 2. The zero-order valence-corrected chi connectivity index (χ0v) is 11.5. The lowest BCUT2D eigenvalue weighted by Crippen LogP contribution is -2.44. The summed E-state index contributed by atoms with van der Waals surface area (Å²) in [6, 6.07) is 0. The van der Waals surface area contributed by atoms with E-state index in [0.29, 0.717) is 11.2 Å². The first-order valence-electron chi connectivity index (χ1n) is 6.06. The molecule has 2 aromatic heterocycles. The van der Waals surface area contributed by atoms with E-state index in [-0.39, 0.29) is 12.4 Å². The maximum absolute atomic E-state index is 10.5. The van der Waals surface area contributed by atoms with E-state index in [1.807, 2.05) is 0 Å². The van der Waals surface area contributed by atoms with Gasteiger partial charge in [0, 0.05) is 0 Å². The van der Waals surface area contributed by atoms with Crippen LogP contribution in [-0.4, -0.2) is 58.4 Å². The largest absolute Gasteiger partial charge is 0.395 e. The third-order valence-corrected chi connectivity index (χ3v) is 5.29. The van der Waals surface area contributed by atoms with Gasteiger partial charge in [-0.25, -0.2) is 15.0 Å². The number of nitrogens with zero attached hydrogens (tertiary/aromatic N) is 4. The van der Waals surface area contributed by atoms with Crippen LogP contribution in [0.15, 0.2) is 12.7 Å². The monoisotopic (exact) mass is 297 g/mol. The minimum Gasteiger partial charge on any atom is -0.395 e. The number of fused-ring (bicyclic) bond motifs is 1. The Labute approximate surface area is 118 Å². The molecule has 0 unspecified atom stereocenters. The molecule has 0 radical (unpaired) electrons. The molecule has 108 valence electrons. The number of nitrogens with two attached hydrogens (primary N) is 1. The van der Waals surface area contributed by atoms with Crippen LogP contribution in [0.5, 0.6) is 0 Å². The van der Waals surface area contributed by atoms with Crippen molar-refractivity contribution in [3.8, 4) is 0 Å². The third kappa shape index (κ3) is 1.78. The van der Waals surface area contributed by atoms with Crippen LogP contribution in [0, 0.1) is 0 Å². The number of aromatic nitrogens is 4. The summed E-state index contributed by atoms with van der Waals surface area (Å²) < 4.78 is 1.65. The second-order valence-corrected chi connectivity index (χ2v) is 6.29. The maximum atomic E-state index is 10.5. The van der Waals surface area contributed by atoms with E-state index < -0.39 is 22.3 Å². The topological polar surface area (TPSA) is 130 Å². The van der Waals surface area contributed by atoms with E-state index in [1.165, 1.54) is 31.3 Å². The predicted molar refractivity (Wildman–Crippen MR) is 73.9 cm³/mol. The molecule has 1 fully saturated rings. The Morgan fingerprint density at radius 1 is 1.45 bits per heavy atom. The first-order chi connectivity index (χ1) is 9.46. The van der Waals surface area contributed by atoms with Crippen LogP contribution in [0.1, 0.15) is 12.3 Å². The molecule has 1 aliphatic rings. The van der Waals surface area contributed by atoms with E-state index in [4.69, 9.17) is 5.73 Å². The Morgan fingerprint density at radius 2 is 2.20 bits per heavy atom. The zero-order valence-electron chi connectivity index (χ0n) is 10.7. The molecule has 9 heteroatoms. The van der Waals surface area contributed by atoms with Crippen LogP contribution in [0.3, 0.4) is 0 Å². The summed E-state index contributed by atoms with van der Waals surface area (Å²) in [5.74, 6) is 0.260. The lowest BCUT2D eigenvalue weighted by molar-refractivity contribution is -0.0672. The maximum Gasteiger partial charge on any atom is 0.166 e. The number of hydrogen-bond acceptors (Lipinski definition) is 8. The van der Waals surface area contributed by atoms with Gasteiger partial charge in [0.2, 0.25) is 0 Å². The van der Waals surface area contributed by atoms with Gasteiger partial charge in [-0.3, -0.25) is 4.57 Å². The Bertz CT molecular complexity index is 646. The number of aliphatic hydroxyl groups excluding tert-OH is 2. The minimum atomic E-state index is -1.41. The molecule has 3 heterocycles. The number of hydrogen-bond donors (Lipinski definition) is 4. The number of aliphatic hydroxyl groups is 3. The van der Waals surface area contributed by atoms with Gasteiger partial charge in [0.15, 0.2) is 11.5 Å². The second-order valence-electron chi connectivity index (χ2n) is 4.96. The molecule has 3 rings (SSSR count). The molecule has 2 aromatic rings. The van der Waals surface area contributed by atoms with Crippen LogP contribution < -0.4 is 5.73 Å². The van der Waals surface area contributed by atoms with E-state index in [9.17, 15) is 15.3 Å². The van der Waals surface area contributed by atoms with Crippen molar-refractivity contribution in [1.29, 1.82) is 0 Å². The quantitative estimate of drug-likeness (QED) is 0.562. The molecule has 8 nitrogen and oxygen atoms in total. The summed E-state index contributed by atoms with van der Waals surface area (Å²) in [4.78, 5) is 12.1. The third-order valence-electron chi connectivity index (χ3n) is 3.57. The molecule has 1 aliphatic heterocycles. The van der Waals surface area contributed by atoms with Crippen molar-refractivity contribution < 1.29 is 15.3 Å². The molecule has 0 bridgehead atoms. The lowest BCUT2D eigenvalue weighted by atomic mass is 9.96. The van der Waals surface area contributed by atoms with E-state index in [1.54, 1.807) is 4.57 Å². The Balaban J connectivity index is 2.10. The highest BCUT2D eigenvalue weighted by atomic mass is 32.2. The molecular formula is C11H15N5O3S. The molecule has 5 N–H and O–H groups in total. The molecular weight excluding hydrogens is 282 g/mol. The summed E-state index contributed by atoms with van der Waals surface area (Å²) >= 11 is 1.28. The van der Waals surface area contributed by atoms with Crippen LogP contribution in [0.25, 0.3) is 11.2 Å². The van der Waals surface area contributed by atoms with Crippen molar-refractivity contribution in [2.24, 2.45) is 0 Å². The predicted octanol–water partition coefficient (Wildman–Crippen LogP) is -0.873. The molecule has 0 saturated carbocycles. The summed E-state index contributed by atoms with van der Waals surface area (Å²) in [5, 5.41) is 28.9. The Morgan fingerprint density at radius 3 is 2.85 bits per heavy atom. The van der Waals surface area contributed by atoms with Gasteiger partial charge in [-0.15, -0.1) is 11.8 Å². The van der Waals surface area contributed by atoms with Crippen LogP contribution >= 0.6 is 11.8 Å². The molecule has 0 spiro atoms. The van der Waals surface area contributed by atoms with Gasteiger partial charge in [0.05, 0.1) is 24.3 Å². The number of imidazole rings is 1. The lowest BCUT2D eigenvalue weighted by Gasteiger charge is -2.28. The Kier molecular flexibility index (Phi) is 3.09. The van der Waals surface area contributed by atoms with Gasteiger partial charge >= 0.3 is 0 Å². The van der Waals surface area contributed by atoms with Crippen molar-refractivity contribution in [1.82, 2.24) is 19.5 Å². The minimum absolute atomic E-state index is 0.220. The zero-order chi connectivity index (χ0) is 14.5. The highest BCUT2D eigenvalue weighted by Gasteiger charge is 2.52. The van der Waals surface area contributed by atoms with Crippen LogP contribution in [-0.2, 0) is 0 Å². The second kappa shape index (κ2) is 4.55. The summed E-state index contributed by atoms with van der Waals surface area (Å²) in [6.07, 6.45) is 1.79. The average Bonchev–Trinajstić information content (AvgIpc) is 2.92. The van der Waals surface area contributed by atoms with Crippen molar-refractivity contribution in [2.45, 2.75) is 29.3 Å². The van der Waals surface area contributed by atoms with E-state index in [2.05, 4.69) is 15.0 Å². The van der Waals surface area contributed by atoms with E-state index >= 15 is 0 Å². The fraction of sp³-hybridized carbons (Fsp3) is 0.545. The molecule has 1 saturated heterocycles. The first-order valence-corrected chi connectivity index (χ1v) is 7.01. The molecule has 0 amide bonds. The summed E-state index contributed by atoms with van der Waals surface area (Å²) in [6.45, 7) is 1.31. The molecule has 0 aliphatic carbocycles. The van der Waals surface area contributed by atoms with Crippen molar-refractivity contribution in [2.75, 3.05) is 12.3 Å². The summed E-state index contributed by atoms with van der Waals surface area (Å²) in [7, 11) is 0. The van der Waals surface area contributed by atoms with Crippen molar-refractivity contribution in [3.05, 3.63) is 12.7 Å². The standard InChI is InChI=1S/C11H15N5O3S/c1-11(19)7(18)5(2-17)20-10(11)16-4-15-6-8(12)13-3-14-9(6)16/h3-5,7,10,17-19H,2H2,1H3,(H2,12,13,14)/t5-,7-,10-,11-/m1/s1. The fourth-order valence-corrected chi connectivity index (χ4v) is 3.97. The van der Waals surface area contributed by atoms with Gasteiger partial charge in [-0.1, -0.05) is 0 Å². The van der Waals surface area contributed by atoms with Gasteiger partial charge in [0.1, 0.15) is 22.8 Å². The van der Waals surface area contributed by atoms with Crippen molar-refractivity contribution in [3.63, 3.8) is 0 Å². The summed E-state index contributed by atoms with van der Waals surface area (Å²) in [5.41, 5.74) is 5.26. The Hall–Kier alpha value is -1.42. The van der Waals surface area contributed by atoms with Gasteiger partial charge in [-0.05, 0) is 6.92 Å². The number of nitrogen functional groups attached to an aromatic ring is 1. The number of anilines is 1. The smallest absolute Gasteiger partial charge is 0.166 e. The van der Waals surface area contributed by atoms with Gasteiger partial charge in [0.25, 0.3) is 0 Å². The molecule has 4 atom stereocenters. The highest BCUT2D eigenvalue weighted by Crippen LogP contribution is 2.49. The molecule has 20 heavy (non-hydrogen) atoms. The van der Waals surface area contributed by atoms with Gasteiger partial charge < -0.3 is 21.1 Å². The number of thioether (sulfide) groups is 1. The SMILES string of the molecule is C[C@@]1(O)[C@H](O)[C@@H](CO)S[C@H]1n1cnc2c(N)ncnc21. The molecule has 0 aromatic carbocycles. The normalized spacial score (nSPS) is 33.9. The van der Waals surface area contributed by atoms with Crippen molar-refractivity contribution >= 4 is 28.7 Å². The average molecular weight is 297 g/mol. The fourth-order valence-electron chi connectivity index (χ4n) is 2.43. The van der Waals surface area contributed by atoms with Gasteiger partial charge in [-0.2, -0.15) is 0 Å². The van der Waals surface area contributed by atoms with E-state index in [0.717, 1.165) is 0 Å². The van der Waals surface area contributed by atoms with Crippen LogP contribution in [0.2, 0.25) is 0 Å².